The summed E-state index contributed by atoms with van der Waals surface area (Å²) in [5, 5.41) is 12.0. The molecule has 2 aromatic carbocycles. The monoisotopic (exact) mass is 480 g/mol. The lowest BCUT2D eigenvalue weighted by Gasteiger charge is -2.33. The van der Waals surface area contributed by atoms with Gasteiger partial charge in [-0.3, -0.25) is 9.59 Å². The lowest BCUT2D eigenvalue weighted by atomic mass is 9.98. The number of alkyl carbamates (subject to hydrolysis) is 1. The van der Waals surface area contributed by atoms with E-state index in [0.29, 0.717) is 0 Å². The first-order chi connectivity index (χ1) is 16.9. The van der Waals surface area contributed by atoms with Crippen LogP contribution in [0, 0.1) is 0 Å². The van der Waals surface area contributed by atoms with Gasteiger partial charge in [-0.05, 0) is 42.0 Å². The van der Waals surface area contributed by atoms with Crippen molar-refractivity contribution in [3.63, 3.8) is 0 Å². The van der Waals surface area contributed by atoms with Gasteiger partial charge in [-0.15, -0.1) is 0 Å². The largest absolute Gasteiger partial charge is 0.480 e. The second kappa shape index (κ2) is 10.9. The number of amides is 2. The Kier molecular flexibility index (Phi) is 7.70. The second-order valence-corrected chi connectivity index (χ2v) is 9.19. The average molecular weight is 481 g/mol. The zero-order valence-electron chi connectivity index (χ0n) is 20.1. The summed E-state index contributed by atoms with van der Waals surface area (Å²) in [6, 6.07) is 14.9. The number of fused-ring (bicyclic) bond motifs is 3. The maximum Gasteiger partial charge on any atom is 0.407 e. The van der Waals surface area contributed by atoms with E-state index >= 15 is 0 Å². The van der Waals surface area contributed by atoms with Crippen LogP contribution in [0.2, 0.25) is 0 Å². The number of carboxylic acids is 1. The molecule has 186 valence electrons. The third-order valence-electron chi connectivity index (χ3n) is 7.08. The van der Waals surface area contributed by atoms with E-state index in [9.17, 15) is 19.5 Å². The van der Waals surface area contributed by atoms with Crippen LogP contribution < -0.4 is 5.32 Å². The number of nitrogens with one attached hydrogen (secondary N) is 1. The molecule has 1 saturated carbocycles. The summed E-state index contributed by atoms with van der Waals surface area (Å²) in [6.07, 6.45) is 1.98. The van der Waals surface area contributed by atoms with Crippen LogP contribution in [0.15, 0.2) is 48.5 Å². The van der Waals surface area contributed by atoms with Crippen molar-refractivity contribution in [3.05, 3.63) is 59.7 Å². The SMILES string of the molecule is COC(C)C(NC(=O)OCC1c2ccccc2-c2ccccc21)C(=O)N(CC(=O)O)C1CCCC1. The summed E-state index contributed by atoms with van der Waals surface area (Å²) in [5.41, 5.74) is 4.43. The van der Waals surface area contributed by atoms with Gasteiger partial charge in [0, 0.05) is 19.1 Å². The summed E-state index contributed by atoms with van der Waals surface area (Å²) in [6.45, 7) is 1.37. The van der Waals surface area contributed by atoms with E-state index < -0.39 is 36.7 Å². The first-order valence-electron chi connectivity index (χ1n) is 12.1. The van der Waals surface area contributed by atoms with E-state index in [0.717, 1.165) is 47.9 Å². The lowest BCUT2D eigenvalue weighted by Crippen LogP contribution is -2.57. The van der Waals surface area contributed by atoms with Crippen molar-refractivity contribution in [2.24, 2.45) is 0 Å². The van der Waals surface area contributed by atoms with Crippen molar-refractivity contribution < 1.29 is 29.0 Å². The zero-order chi connectivity index (χ0) is 24.9. The van der Waals surface area contributed by atoms with Crippen LogP contribution in [0.1, 0.15) is 49.7 Å². The molecular formula is C27H32N2O6. The highest BCUT2D eigenvalue weighted by Crippen LogP contribution is 2.44. The molecule has 2 N–H and O–H groups in total. The predicted molar refractivity (Wildman–Crippen MR) is 130 cm³/mol. The van der Waals surface area contributed by atoms with Crippen molar-refractivity contribution >= 4 is 18.0 Å². The van der Waals surface area contributed by atoms with Gasteiger partial charge < -0.3 is 24.8 Å². The number of hydrogen-bond acceptors (Lipinski definition) is 5. The van der Waals surface area contributed by atoms with Gasteiger partial charge in [-0.1, -0.05) is 61.4 Å². The van der Waals surface area contributed by atoms with Gasteiger partial charge in [0.2, 0.25) is 5.91 Å². The molecule has 0 aromatic heterocycles. The molecule has 0 spiro atoms. The zero-order valence-corrected chi connectivity index (χ0v) is 20.1. The molecule has 2 aliphatic rings. The number of carbonyl (C=O) groups is 3. The van der Waals surface area contributed by atoms with Gasteiger partial charge in [0.25, 0.3) is 0 Å². The molecule has 2 unspecified atom stereocenters. The number of carbonyl (C=O) groups excluding carboxylic acids is 2. The Morgan fingerprint density at radius 2 is 1.60 bits per heavy atom. The van der Waals surface area contributed by atoms with Gasteiger partial charge >= 0.3 is 12.1 Å². The van der Waals surface area contributed by atoms with Crippen molar-refractivity contribution in [2.75, 3.05) is 20.3 Å². The highest BCUT2D eigenvalue weighted by molar-refractivity contribution is 5.89. The second-order valence-electron chi connectivity index (χ2n) is 9.19. The Balaban J connectivity index is 1.46. The van der Waals surface area contributed by atoms with Gasteiger partial charge in [-0.2, -0.15) is 0 Å². The van der Waals surface area contributed by atoms with Crippen molar-refractivity contribution in [2.45, 2.75) is 56.7 Å². The van der Waals surface area contributed by atoms with Crippen molar-refractivity contribution in [1.82, 2.24) is 10.2 Å². The Hall–Kier alpha value is -3.39. The standard InChI is InChI=1S/C27H32N2O6/c1-17(34-2)25(26(32)29(15-24(30)31)18-9-3-4-10-18)28-27(33)35-16-23-21-13-7-5-11-19(21)20-12-6-8-14-22(20)23/h5-8,11-14,17-18,23,25H,3-4,9-10,15-16H2,1-2H3,(H,28,33)(H,30,31). The normalized spacial score (nSPS) is 16.7. The van der Waals surface area contributed by atoms with Crippen LogP contribution in [-0.4, -0.2) is 66.4 Å². The van der Waals surface area contributed by atoms with Gasteiger partial charge in [0.1, 0.15) is 19.2 Å². The van der Waals surface area contributed by atoms with Crippen molar-refractivity contribution in [3.8, 4) is 11.1 Å². The Morgan fingerprint density at radius 1 is 1.03 bits per heavy atom. The fourth-order valence-electron chi connectivity index (χ4n) is 5.21. The van der Waals surface area contributed by atoms with Crippen LogP contribution in [0.25, 0.3) is 11.1 Å². The molecule has 0 saturated heterocycles. The van der Waals surface area contributed by atoms with Crippen molar-refractivity contribution in [1.29, 1.82) is 0 Å². The molecule has 8 nitrogen and oxygen atoms in total. The minimum atomic E-state index is -1.09. The van der Waals surface area contributed by atoms with Crippen LogP contribution in [0.4, 0.5) is 4.79 Å². The molecule has 8 heteroatoms. The van der Waals surface area contributed by atoms with Gasteiger partial charge in [0.05, 0.1) is 6.10 Å². The third kappa shape index (κ3) is 5.32. The average Bonchev–Trinajstić information content (AvgIpc) is 3.50. The predicted octanol–water partition coefficient (Wildman–Crippen LogP) is 3.78. The van der Waals surface area contributed by atoms with E-state index in [1.807, 2.05) is 36.4 Å². The number of carboxylic acid groups (broad SMARTS) is 1. The number of hydrogen-bond donors (Lipinski definition) is 2. The van der Waals surface area contributed by atoms with E-state index in [1.54, 1.807) is 6.92 Å². The molecule has 2 amide bonds. The highest BCUT2D eigenvalue weighted by atomic mass is 16.5. The molecule has 4 rings (SSSR count). The molecule has 0 bridgehead atoms. The molecule has 2 aliphatic carbocycles. The Bertz CT molecular complexity index is 1040. The summed E-state index contributed by atoms with van der Waals surface area (Å²) in [5.74, 6) is -1.67. The minimum absolute atomic E-state index is 0.107. The highest BCUT2D eigenvalue weighted by Gasteiger charge is 2.37. The topological polar surface area (TPSA) is 105 Å². The van der Waals surface area contributed by atoms with Crippen LogP contribution in [0.3, 0.4) is 0 Å². The minimum Gasteiger partial charge on any atom is -0.480 e. The smallest absolute Gasteiger partial charge is 0.407 e. The molecule has 2 atom stereocenters. The van der Waals surface area contributed by atoms with E-state index in [4.69, 9.17) is 9.47 Å². The first-order valence-corrected chi connectivity index (χ1v) is 12.1. The Morgan fingerprint density at radius 3 is 2.14 bits per heavy atom. The Labute approximate surface area is 205 Å². The van der Waals surface area contributed by atoms with Crippen LogP contribution in [0.5, 0.6) is 0 Å². The maximum absolute atomic E-state index is 13.4. The number of nitrogens with zero attached hydrogens (tertiary/aromatic N) is 1. The van der Waals surface area contributed by atoms with Gasteiger partial charge in [-0.25, -0.2) is 4.79 Å². The summed E-state index contributed by atoms with van der Waals surface area (Å²) < 4.78 is 11.0. The van der Waals surface area contributed by atoms with E-state index in [-0.39, 0.29) is 18.6 Å². The number of rotatable bonds is 9. The molecule has 0 aliphatic heterocycles. The van der Waals surface area contributed by atoms with E-state index in [1.165, 1.54) is 12.0 Å². The molecule has 35 heavy (non-hydrogen) atoms. The number of methoxy groups -OCH3 is 1. The molecule has 1 fully saturated rings. The number of aliphatic carboxylic acids is 1. The molecule has 2 aromatic rings. The summed E-state index contributed by atoms with van der Waals surface area (Å²) in [7, 11) is 1.45. The fraction of sp³-hybridized carbons (Fsp3) is 0.444. The summed E-state index contributed by atoms with van der Waals surface area (Å²) in [4.78, 5) is 39.1. The third-order valence-corrected chi connectivity index (χ3v) is 7.08. The van der Waals surface area contributed by atoms with Crippen LogP contribution in [-0.2, 0) is 19.1 Å². The summed E-state index contributed by atoms with van der Waals surface area (Å²) >= 11 is 0. The lowest BCUT2D eigenvalue weighted by molar-refractivity contribution is -0.148. The quantitative estimate of drug-likeness (QED) is 0.566. The number of benzene rings is 2. The molecular weight excluding hydrogens is 448 g/mol. The fourth-order valence-corrected chi connectivity index (χ4v) is 5.21. The molecule has 0 heterocycles. The molecule has 0 radical (unpaired) electrons. The number of ether oxygens (including phenoxy) is 2. The maximum atomic E-state index is 13.4. The van der Waals surface area contributed by atoms with E-state index in [2.05, 4.69) is 17.4 Å². The van der Waals surface area contributed by atoms with Crippen LogP contribution >= 0.6 is 0 Å². The van der Waals surface area contributed by atoms with Gasteiger partial charge in [0.15, 0.2) is 0 Å². The first kappa shape index (κ1) is 24.7.